The number of hydrogen-bond acceptors (Lipinski definition) is 5. The van der Waals surface area contributed by atoms with Crippen molar-refractivity contribution in [3.05, 3.63) is 34.1 Å². The molecule has 0 amide bonds. The van der Waals surface area contributed by atoms with Crippen molar-refractivity contribution < 1.29 is 22.3 Å². The van der Waals surface area contributed by atoms with E-state index in [2.05, 4.69) is 15.9 Å². The number of carbonyl (C=O) groups is 1. The van der Waals surface area contributed by atoms with Crippen molar-refractivity contribution in [2.75, 3.05) is 23.9 Å². The minimum atomic E-state index is -3.63. The molecule has 0 saturated carbocycles. The van der Waals surface area contributed by atoms with Gasteiger partial charge in [-0.1, -0.05) is 15.9 Å². The van der Waals surface area contributed by atoms with Crippen LogP contribution in [0.25, 0.3) is 0 Å². The molecule has 0 spiro atoms. The van der Waals surface area contributed by atoms with Gasteiger partial charge < -0.3 is 4.74 Å². The fourth-order valence-corrected chi connectivity index (χ4v) is 5.82. The van der Waals surface area contributed by atoms with Gasteiger partial charge in [-0.2, -0.15) is 16.1 Å². The zero-order valence-corrected chi connectivity index (χ0v) is 15.7. The summed E-state index contributed by atoms with van der Waals surface area (Å²) in [4.78, 5) is 12.2. The summed E-state index contributed by atoms with van der Waals surface area (Å²) < 4.78 is 45.2. The van der Waals surface area contributed by atoms with E-state index in [9.17, 15) is 17.6 Å². The van der Waals surface area contributed by atoms with E-state index in [0.717, 1.165) is 4.31 Å². The molecule has 0 aromatic heterocycles. The third kappa shape index (κ3) is 4.68. The van der Waals surface area contributed by atoms with Gasteiger partial charge in [0.2, 0.25) is 10.0 Å². The number of carbonyl (C=O) groups excluding carboxylic acids is 1. The molecule has 1 fully saturated rings. The molecule has 1 aromatic rings. The first-order valence-electron chi connectivity index (χ1n) is 7.03. The quantitative estimate of drug-likeness (QED) is 0.692. The first kappa shape index (κ1) is 18.7. The molecule has 0 aliphatic carbocycles. The highest BCUT2D eigenvalue weighted by Crippen LogP contribution is 2.26. The topological polar surface area (TPSA) is 63.7 Å². The van der Waals surface area contributed by atoms with Gasteiger partial charge in [-0.25, -0.2) is 12.8 Å². The highest BCUT2D eigenvalue weighted by molar-refractivity contribution is 9.10. The molecule has 9 heteroatoms. The van der Waals surface area contributed by atoms with E-state index < -0.39 is 27.9 Å². The van der Waals surface area contributed by atoms with E-state index in [0.29, 0.717) is 21.5 Å². The second-order valence-corrected chi connectivity index (χ2v) is 8.98. The van der Waals surface area contributed by atoms with E-state index >= 15 is 0 Å². The van der Waals surface area contributed by atoms with Crippen LogP contribution in [-0.2, 0) is 26.1 Å². The molecule has 1 aromatic carbocycles. The van der Waals surface area contributed by atoms with Gasteiger partial charge in [0.1, 0.15) is 11.9 Å². The number of rotatable bonds is 4. The standard InChI is InChI=1S/C14H17BrFNO4S2/c1-2-21-14(18)13-9-22-5-6-23(19,20)17(13)8-10-7-11(16)3-4-12(10)15/h3-4,7,13H,2,5-6,8-9H2,1H3. The largest absolute Gasteiger partial charge is 0.465 e. The Morgan fingerprint density at radius 3 is 2.96 bits per heavy atom. The summed E-state index contributed by atoms with van der Waals surface area (Å²) in [5.74, 6) is -0.347. The van der Waals surface area contributed by atoms with Crippen molar-refractivity contribution >= 4 is 43.7 Å². The lowest BCUT2D eigenvalue weighted by atomic mass is 10.2. The van der Waals surface area contributed by atoms with Crippen molar-refractivity contribution in [2.45, 2.75) is 19.5 Å². The van der Waals surface area contributed by atoms with Crippen LogP contribution in [0.15, 0.2) is 22.7 Å². The number of esters is 1. The fourth-order valence-electron chi connectivity index (χ4n) is 2.22. The molecule has 1 atom stereocenters. The predicted octanol–water partition coefficient (Wildman–Crippen LogP) is 2.40. The van der Waals surface area contributed by atoms with Gasteiger partial charge in [0.05, 0.1) is 12.4 Å². The minimum Gasteiger partial charge on any atom is -0.465 e. The molecule has 1 aliphatic heterocycles. The molecular weight excluding hydrogens is 409 g/mol. The van der Waals surface area contributed by atoms with Crippen LogP contribution in [0, 0.1) is 5.82 Å². The van der Waals surface area contributed by atoms with Crippen molar-refractivity contribution in [3.63, 3.8) is 0 Å². The van der Waals surface area contributed by atoms with E-state index in [1.54, 1.807) is 6.92 Å². The van der Waals surface area contributed by atoms with Crippen molar-refractivity contribution in [1.82, 2.24) is 4.31 Å². The molecule has 1 unspecified atom stereocenters. The number of halogens is 2. The molecule has 0 radical (unpaired) electrons. The smallest absolute Gasteiger partial charge is 0.325 e. The van der Waals surface area contributed by atoms with Gasteiger partial charge in [-0.15, -0.1) is 0 Å². The lowest BCUT2D eigenvalue weighted by Crippen LogP contribution is -2.46. The summed E-state index contributed by atoms with van der Waals surface area (Å²) in [6.07, 6.45) is 0. The van der Waals surface area contributed by atoms with Crippen molar-refractivity contribution in [2.24, 2.45) is 0 Å². The Labute approximate surface area is 147 Å². The maximum Gasteiger partial charge on any atom is 0.325 e. The SMILES string of the molecule is CCOC(=O)C1CSCCS(=O)(=O)N1Cc1cc(F)ccc1Br. The second kappa shape index (κ2) is 7.96. The summed E-state index contributed by atoms with van der Waals surface area (Å²) in [5.41, 5.74) is 0.467. The highest BCUT2D eigenvalue weighted by atomic mass is 79.9. The molecule has 23 heavy (non-hydrogen) atoms. The molecule has 2 rings (SSSR count). The summed E-state index contributed by atoms with van der Waals surface area (Å²) >= 11 is 4.69. The zero-order valence-electron chi connectivity index (χ0n) is 12.5. The highest BCUT2D eigenvalue weighted by Gasteiger charge is 2.38. The van der Waals surface area contributed by atoms with Crippen LogP contribution in [0.1, 0.15) is 12.5 Å². The van der Waals surface area contributed by atoms with Crippen molar-refractivity contribution in [3.8, 4) is 0 Å². The summed E-state index contributed by atoms with van der Waals surface area (Å²) in [7, 11) is -3.63. The third-order valence-electron chi connectivity index (χ3n) is 3.36. The van der Waals surface area contributed by atoms with E-state index in [1.807, 2.05) is 0 Å². The molecule has 5 nitrogen and oxygen atoms in total. The van der Waals surface area contributed by atoms with Gasteiger partial charge >= 0.3 is 5.97 Å². The first-order valence-corrected chi connectivity index (χ1v) is 10.6. The van der Waals surface area contributed by atoms with Gasteiger partial charge in [-0.05, 0) is 30.7 Å². The monoisotopic (exact) mass is 425 g/mol. The summed E-state index contributed by atoms with van der Waals surface area (Å²) in [6.45, 7) is 1.77. The Morgan fingerprint density at radius 1 is 1.52 bits per heavy atom. The van der Waals surface area contributed by atoms with Crippen LogP contribution in [0.4, 0.5) is 4.39 Å². The maximum absolute atomic E-state index is 13.5. The van der Waals surface area contributed by atoms with Crippen LogP contribution in [0.3, 0.4) is 0 Å². The number of thioether (sulfide) groups is 1. The van der Waals surface area contributed by atoms with Crippen molar-refractivity contribution in [1.29, 1.82) is 0 Å². The number of nitrogens with zero attached hydrogens (tertiary/aromatic N) is 1. The van der Waals surface area contributed by atoms with Crippen LogP contribution in [0.5, 0.6) is 0 Å². The predicted molar refractivity (Wildman–Crippen MR) is 91.2 cm³/mol. The summed E-state index contributed by atoms with van der Waals surface area (Å²) in [6, 6.07) is 3.16. The third-order valence-corrected chi connectivity index (χ3v) is 7.25. The Bertz CT molecular complexity index is 683. The van der Waals surface area contributed by atoms with Crippen LogP contribution >= 0.6 is 27.7 Å². The Morgan fingerprint density at radius 2 is 2.26 bits per heavy atom. The number of ether oxygens (including phenoxy) is 1. The maximum atomic E-state index is 13.5. The summed E-state index contributed by atoms with van der Waals surface area (Å²) in [5, 5.41) is 0. The average molecular weight is 426 g/mol. The minimum absolute atomic E-state index is 0.0551. The van der Waals surface area contributed by atoms with E-state index in [4.69, 9.17) is 4.74 Å². The first-order chi connectivity index (χ1) is 10.8. The average Bonchev–Trinajstić information content (AvgIpc) is 2.62. The molecule has 1 saturated heterocycles. The van der Waals surface area contributed by atoms with Crippen LogP contribution in [0.2, 0.25) is 0 Å². The molecule has 1 aliphatic rings. The Balaban J connectivity index is 2.37. The van der Waals surface area contributed by atoms with Gasteiger partial charge in [-0.3, -0.25) is 4.79 Å². The van der Waals surface area contributed by atoms with E-state index in [1.165, 1.54) is 30.0 Å². The molecule has 128 valence electrons. The lowest BCUT2D eigenvalue weighted by molar-refractivity contribution is -0.147. The Kier molecular flexibility index (Phi) is 6.47. The van der Waals surface area contributed by atoms with Gasteiger partial charge in [0.15, 0.2) is 0 Å². The van der Waals surface area contributed by atoms with Gasteiger partial charge in [0.25, 0.3) is 0 Å². The molecule has 0 N–H and O–H groups in total. The van der Waals surface area contributed by atoms with Crippen LogP contribution < -0.4 is 0 Å². The number of sulfonamides is 1. The molecule has 0 bridgehead atoms. The van der Waals surface area contributed by atoms with Gasteiger partial charge in [0, 0.05) is 22.5 Å². The fraction of sp³-hybridized carbons (Fsp3) is 0.500. The zero-order chi connectivity index (χ0) is 17.0. The molecule has 1 heterocycles. The number of hydrogen-bond donors (Lipinski definition) is 0. The van der Waals surface area contributed by atoms with E-state index in [-0.39, 0.29) is 18.9 Å². The second-order valence-electron chi connectivity index (χ2n) is 4.94. The number of benzene rings is 1. The molecular formula is C14H17BrFNO4S2. The van der Waals surface area contributed by atoms with Crippen LogP contribution in [-0.4, -0.2) is 48.6 Å². The lowest BCUT2D eigenvalue weighted by Gasteiger charge is -2.27. The Hall–Kier alpha value is -0.640. The normalized spacial score (nSPS) is 21.6.